The molecule has 2 nitrogen and oxygen atoms in total. The molecular formula is C20H22BNO. The van der Waals surface area contributed by atoms with Crippen molar-refractivity contribution in [1.82, 2.24) is 4.98 Å². The lowest BCUT2D eigenvalue weighted by Crippen LogP contribution is -2.51. The molecule has 2 aromatic rings. The van der Waals surface area contributed by atoms with Gasteiger partial charge in [-0.15, -0.1) is 0 Å². The fraction of sp³-hybridized carbons (Fsp3) is 0.350. The van der Waals surface area contributed by atoms with Crippen LogP contribution in [0.25, 0.3) is 11.1 Å². The zero-order valence-corrected chi connectivity index (χ0v) is 14.3. The molecule has 0 N–H and O–H groups in total. The van der Waals surface area contributed by atoms with Gasteiger partial charge in [0.2, 0.25) is 0 Å². The average Bonchev–Trinajstić information content (AvgIpc) is 3.34. The van der Waals surface area contributed by atoms with Crippen LogP contribution in [0, 0.1) is 5.41 Å². The molecule has 0 bridgehead atoms. The Hall–Kier alpha value is -1.87. The van der Waals surface area contributed by atoms with Gasteiger partial charge in [0.05, 0.1) is 5.60 Å². The smallest absolute Gasteiger partial charge is 0.358 e. The molecule has 23 heavy (non-hydrogen) atoms. The van der Waals surface area contributed by atoms with Crippen LogP contribution in [0.5, 0.6) is 0 Å². The number of pyridine rings is 1. The minimum atomic E-state index is -0.155. The predicted molar refractivity (Wildman–Crippen MR) is 95.6 cm³/mol. The van der Waals surface area contributed by atoms with E-state index in [9.17, 15) is 0 Å². The summed E-state index contributed by atoms with van der Waals surface area (Å²) in [5, 5.41) is 0. The number of benzene rings is 1. The Labute approximate surface area is 138 Å². The maximum absolute atomic E-state index is 6.55. The molecule has 1 aromatic heterocycles. The first-order valence-corrected chi connectivity index (χ1v) is 8.31. The van der Waals surface area contributed by atoms with E-state index in [1.165, 1.54) is 16.5 Å². The van der Waals surface area contributed by atoms with Gasteiger partial charge in [-0.1, -0.05) is 55.2 Å². The summed E-state index contributed by atoms with van der Waals surface area (Å²) in [5.74, 6) is 0. The van der Waals surface area contributed by atoms with E-state index in [0.29, 0.717) is 0 Å². The topological polar surface area (TPSA) is 22.1 Å². The zero-order chi connectivity index (χ0) is 16.2. The molecule has 0 radical (unpaired) electrons. The van der Waals surface area contributed by atoms with Gasteiger partial charge >= 0.3 is 6.92 Å². The summed E-state index contributed by atoms with van der Waals surface area (Å²) in [5.41, 5.74) is 6.64. The Morgan fingerprint density at radius 3 is 2.57 bits per heavy atom. The maximum atomic E-state index is 6.55. The number of nitrogens with zero attached hydrogens (tertiary/aromatic N) is 1. The lowest BCUT2D eigenvalue weighted by Gasteiger charge is -2.44. The normalized spacial score (nSPS) is 21.1. The first kappa shape index (κ1) is 14.7. The summed E-state index contributed by atoms with van der Waals surface area (Å²) >= 11 is 0. The van der Waals surface area contributed by atoms with Crippen molar-refractivity contribution in [2.24, 2.45) is 5.41 Å². The third kappa shape index (κ3) is 2.26. The second-order valence-electron chi connectivity index (χ2n) is 7.68. The van der Waals surface area contributed by atoms with E-state index in [4.69, 9.17) is 4.65 Å². The number of allylic oxidation sites excluding steroid dienone is 1. The quantitative estimate of drug-likeness (QED) is 0.782. The van der Waals surface area contributed by atoms with Gasteiger partial charge in [0.15, 0.2) is 0 Å². The van der Waals surface area contributed by atoms with Crippen LogP contribution in [0.2, 0.25) is 0 Å². The molecular weight excluding hydrogens is 281 g/mol. The van der Waals surface area contributed by atoms with E-state index in [1.54, 1.807) is 5.57 Å². The van der Waals surface area contributed by atoms with Crippen molar-refractivity contribution in [2.45, 2.75) is 39.7 Å². The Bertz CT molecular complexity index is 792. The van der Waals surface area contributed by atoms with E-state index < -0.39 is 0 Å². The van der Waals surface area contributed by atoms with Crippen molar-refractivity contribution in [3.63, 3.8) is 0 Å². The zero-order valence-electron chi connectivity index (χ0n) is 14.3. The van der Waals surface area contributed by atoms with Crippen molar-refractivity contribution in [2.75, 3.05) is 0 Å². The first-order valence-electron chi connectivity index (χ1n) is 8.31. The van der Waals surface area contributed by atoms with E-state index >= 15 is 0 Å². The highest BCUT2D eigenvalue weighted by Gasteiger charge is 2.55. The van der Waals surface area contributed by atoms with Gasteiger partial charge in [-0.3, -0.25) is 4.98 Å². The fourth-order valence-corrected chi connectivity index (χ4v) is 3.58. The van der Waals surface area contributed by atoms with Gasteiger partial charge in [0, 0.05) is 17.8 Å². The molecule has 0 unspecified atom stereocenters. The number of aromatic nitrogens is 1. The molecule has 2 aliphatic rings. The number of hydrogen-bond acceptors (Lipinski definition) is 2. The monoisotopic (exact) mass is 303 g/mol. The highest BCUT2D eigenvalue weighted by molar-refractivity contribution is 6.76. The summed E-state index contributed by atoms with van der Waals surface area (Å²) in [7, 11) is 0. The van der Waals surface area contributed by atoms with E-state index in [0.717, 1.165) is 12.0 Å². The molecule has 1 aliphatic carbocycles. The summed E-state index contributed by atoms with van der Waals surface area (Å²) in [6.07, 6.45) is 4.84. The van der Waals surface area contributed by atoms with Crippen LogP contribution < -0.4 is 5.46 Å². The highest BCUT2D eigenvalue weighted by Crippen LogP contribution is 2.56. The first-order chi connectivity index (χ1) is 10.9. The predicted octanol–water partition coefficient (Wildman–Crippen LogP) is 4.02. The van der Waals surface area contributed by atoms with Crippen LogP contribution in [-0.4, -0.2) is 17.5 Å². The van der Waals surface area contributed by atoms with Crippen molar-refractivity contribution in [3.8, 4) is 11.1 Å². The van der Waals surface area contributed by atoms with Crippen LogP contribution in [0.1, 0.15) is 34.1 Å². The molecule has 0 spiro atoms. The maximum Gasteiger partial charge on any atom is 0.358 e. The molecule has 0 amide bonds. The van der Waals surface area contributed by atoms with Gasteiger partial charge in [0.1, 0.15) is 0 Å². The lowest BCUT2D eigenvalue weighted by atomic mass is 9.54. The average molecular weight is 303 g/mol. The third-order valence-corrected chi connectivity index (χ3v) is 5.80. The Kier molecular flexibility index (Phi) is 3.08. The summed E-state index contributed by atoms with van der Waals surface area (Å²) in [4.78, 5) is 4.23. The molecule has 0 saturated carbocycles. The third-order valence-electron chi connectivity index (χ3n) is 5.80. The van der Waals surface area contributed by atoms with Gasteiger partial charge in [-0.05, 0) is 42.9 Å². The van der Waals surface area contributed by atoms with Gasteiger partial charge in [0.25, 0.3) is 0 Å². The fourth-order valence-electron chi connectivity index (χ4n) is 3.58. The Morgan fingerprint density at radius 1 is 1.04 bits per heavy atom. The van der Waals surface area contributed by atoms with Crippen molar-refractivity contribution in [3.05, 3.63) is 59.8 Å². The summed E-state index contributed by atoms with van der Waals surface area (Å²) in [6.45, 7) is 9.14. The molecule has 0 atom stereocenters. The van der Waals surface area contributed by atoms with Crippen LogP contribution in [0.3, 0.4) is 0 Å². The SMILES string of the molecule is CC1(C)OB(c2cccc(-c3cccnc3)c2)C2=C(C2)C1(C)C. The second kappa shape index (κ2) is 4.81. The summed E-state index contributed by atoms with van der Waals surface area (Å²) in [6, 6.07) is 12.8. The molecule has 4 rings (SSSR count). The van der Waals surface area contributed by atoms with Gasteiger partial charge < -0.3 is 4.65 Å². The van der Waals surface area contributed by atoms with Crippen LogP contribution >= 0.6 is 0 Å². The molecule has 2 heterocycles. The molecule has 1 aliphatic heterocycles. The second-order valence-corrected chi connectivity index (χ2v) is 7.68. The molecule has 116 valence electrons. The Morgan fingerprint density at radius 2 is 1.83 bits per heavy atom. The van der Waals surface area contributed by atoms with E-state index in [-0.39, 0.29) is 17.9 Å². The molecule has 0 fully saturated rings. The minimum Gasteiger partial charge on any atom is -0.421 e. The van der Waals surface area contributed by atoms with E-state index in [2.05, 4.69) is 63.0 Å². The molecule has 1 aromatic carbocycles. The van der Waals surface area contributed by atoms with Crippen LogP contribution in [0.15, 0.2) is 59.8 Å². The summed E-state index contributed by atoms with van der Waals surface area (Å²) < 4.78 is 6.55. The van der Waals surface area contributed by atoms with Crippen molar-refractivity contribution >= 4 is 12.4 Å². The molecule has 0 saturated heterocycles. The van der Waals surface area contributed by atoms with Crippen molar-refractivity contribution < 1.29 is 4.65 Å². The lowest BCUT2D eigenvalue weighted by molar-refractivity contribution is 0.0112. The number of rotatable bonds is 2. The highest BCUT2D eigenvalue weighted by atomic mass is 16.5. The van der Waals surface area contributed by atoms with Crippen LogP contribution in [0.4, 0.5) is 0 Å². The standard InChI is InChI=1S/C20H22BNO/c1-19(2)17-12-18(17)21(23-20(19,3)4)16-9-5-7-14(11-16)15-8-6-10-22-13-15/h5-11,13H,12H2,1-4H3. The number of hydrogen-bond donors (Lipinski definition) is 0. The Balaban J connectivity index is 1.73. The van der Waals surface area contributed by atoms with Gasteiger partial charge in [-0.2, -0.15) is 0 Å². The minimum absolute atomic E-state index is 0.102. The van der Waals surface area contributed by atoms with Gasteiger partial charge in [-0.25, -0.2) is 0 Å². The van der Waals surface area contributed by atoms with Crippen molar-refractivity contribution in [1.29, 1.82) is 0 Å². The van der Waals surface area contributed by atoms with E-state index in [1.807, 2.05) is 18.5 Å². The van der Waals surface area contributed by atoms with Crippen LogP contribution in [-0.2, 0) is 4.65 Å². The molecule has 3 heteroatoms. The largest absolute Gasteiger partial charge is 0.421 e.